The lowest BCUT2D eigenvalue weighted by Crippen LogP contribution is -2.29. The highest BCUT2D eigenvalue weighted by atomic mass is 32.2. The molecule has 1 fully saturated rings. The summed E-state index contributed by atoms with van der Waals surface area (Å²) in [6.07, 6.45) is 6.79. The van der Waals surface area contributed by atoms with Gasteiger partial charge in [0.05, 0.1) is 17.0 Å². The van der Waals surface area contributed by atoms with Gasteiger partial charge in [0, 0.05) is 25.0 Å². The van der Waals surface area contributed by atoms with Crippen molar-refractivity contribution in [1.29, 1.82) is 0 Å². The molecule has 1 N–H and O–H groups in total. The molecule has 0 bridgehead atoms. The maximum Gasteiger partial charge on any atom is 0.150 e. The standard InChI is InChI=1S/C14H25N3O2S/c1-11(2)15-10-12-7-8-17(16-12)13-5-4-6-14(9-13)20(3,18)19/h7-8,11,13-15H,4-6,9-10H2,1-3H3. The van der Waals surface area contributed by atoms with Gasteiger partial charge in [0.15, 0.2) is 0 Å². The Bertz CT molecular complexity index is 536. The minimum absolute atomic E-state index is 0.206. The van der Waals surface area contributed by atoms with E-state index in [9.17, 15) is 8.42 Å². The molecule has 0 radical (unpaired) electrons. The Kier molecular flexibility index (Phi) is 4.86. The van der Waals surface area contributed by atoms with E-state index in [1.807, 2.05) is 16.9 Å². The zero-order chi connectivity index (χ0) is 14.8. The lowest BCUT2D eigenvalue weighted by atomic mass is 9.95. The van der Waals surface area contributed by atoms with Gasteiger partial charge in [0.1, 0.15) is 9.84 Å². The summed E-state index contributed by atoms with van der Waals surface area (Å²) < 4.78 is 25.4. The predicted molar refractivity (Wildman–Crippen MR) is 80.3 cm³/mol. The highest BCUT2D eigenvalue weighted by Gasteiger charge is 2.30. The third kappa shape index (κ3) is 4.06. The van der Waals surface area contributed by atoms with Gasteiger partial charge in [-0.05, 0) is 25.3 Å². The first-order valence-corrected chi connectivity index (χ1v) is 9.28. The Morgan fingerprint density at radius 2 is 2.20 bits per heavy atom. The van der Waals surface area contributed by atoms with E-state index in [4.69, 9.17) is 0 Å². The third-order valence-electron chi connectivity index (χ3n) is 3.93. The third-order valence-corrected chi connectivity index (χ3v) is 5.57. The fourth-order valence-corrected chi connectivity index (χ4v) is 3.90. The summed E-state index contributed by atoms with van der Waals surface area (Å²) in [5.41, 5.74) is 1.01. The molecule has 2 atom stereocenters. The average molecular weight is 299 g/mol. The normalized spacial score (nSPS) is 24.2. The van der Waals surface area contributed by atoms with Gasteiger partial charge in [0.25, 0.3) is 0 Å². The van der Waals surface area contributed by atoms with Crippen LogP contribution in [0.15, 0.2) is 12.3 Å². The maximum atomic E-state index is 11.7. The summed E-state index contributed by atoms with van der Waals surface area (Å²) >= 11 is 0. The number of nitrogens with zero attached hydrogens (tertiary/aromatic N) is 2. The summed E-state index contributed by atoms with van der Waals surface area (Å²) in [4.78, 5) is 0. The molecule has 0 amide bonds. The van der Waals surface area contributed by atoms with Crippen molar-refractivity contribution in [1.82, 2.24) is 15.1 Å². The van der Waals surface area contributed by atoms with Crippen molar-refractivity contribution >= 4 is 9.84 Å². The van der Waals surface area contributed by atoms with Crippen LogP contribution < -0.4 is 5.32 Å². The van der Waals surface area contributed by atoms with Crippen LogP contribution in [0.4, 0.5) is 0 Å². The zero-order valence-corrected chi connectivity index (χ0v) is 13.4. The highest BCUT2D eigenvalue weighted by molar-refractivity contribution is 7.91. The summed E-state index contributed by atoms with van der Waals surface area (Å²) in [6, 6.07) is 2.67. The van der Waals surface area contributed by atoms with Crippen LogP contribution in [-0.4, -0.2) is 35.7 Å². The zero-order valence-electron chi connectivity index (χ0n) is 12.5. The van der Waals surface area contributed by atoms with Gasteiger partial charge in [0.2, 0.25) is 0 Å². The van der Waals surface area contributed by atoms with E-state index in [1.54, 1.807) is 0 Å². The SMILES string of the molecule is CC(C)NCc1ccn(C2CCCC(S(C)(=O)=O)C2)n1. The van der Waals surface area contributed by atoms with Crippen LogP contribution in [0.2, 0.25) is 0 Å². The van der Waals surface area contributed by atoms with Crippen molar-refractivity contribution in [3.63, 3.8) is 0 Å². The van der Waals surface area contributed by atoms with Crippen molar-refractivity contribution in [2.24, 2.45) is 0 Å². The van der Waals surface area contributed by atoms with E-state index in [0.717, 1.165) is 31.5 Å². The molecule has 1 heterocycles. The molecule has 1 aromatic heterocycles. The molecule has 0 aliphatic heterocycles. The summed E-state index contributed by atoms with van der Waals surface area (Å²) in [7, 11) is -2.93. The Balaban J connectivity index is 2.01. The van der Waals surface area contributed by atoms with Crippen LogP contribution in [0.3, 0.4) is 0 Å². The number of hydrogen-bond acceptors (Lipinski definition) is 4. The Morgan fingerprint density at radius 3 is 2.85 bits per heavy atom. The van der Waals surface area contributed by atoms with Crippen molar-refractivity contribution < 1.29 is 8.42 Å². The number of sulfone groups is 1. The fraction of sp³-hybridized carbons (Fsp3) is 0.786. The fourth-order valence-electron chi connectivity index (χ4n) is 2.73. The van der Waals surface area contributed by atoms with E-state index in [0.29, 0.717) is 12.5 Å². The molecule has 0 saturated heterocycles. The number of hydrogen-bond donors (Lipinski definition) is 1. The van der Waals surface area contributed by atoms with Crippen molar-refractivity contribution in [2.45, 2.75) is 63.4 Å². The van der Waals surface area contributed by atoms with E-state index in [1.165, 1.54) is 6.26 Å². The summed E-state index contributed by atoms with van der Waals surface area (Å²) in [5.74, 6) is 0. The molecule has 20 heavy (non-hydrogen) atoms. The summed E-state index contributed by atoms with van der Waals surface area (Å²) in [6.45, 7) is 4.97. The molecule has 1 saturated carbocycles. The van der Waals surface area contributed by atoms with Crippen LogP contribution in [0, 0.1) is 0 Å². The molecule has 0 aromatic carbocycles. The minimum Gasteiger partial charge on any atom is -0.309 e. The quantitative estimate of drug-likeness (QED) is 0.902. The molecule has 5 nitrogen and oxygen atoms in total. The lowest BCUT2D eigenvalue weighted by Gasteiger charge is -2.28. The Labute approximate surface area is 121 Å². The largest absolute Gasteiger partial charge is 0.309 e. The highest BCUT2D eigenvalue weighted by Crippen LogP contribution is 2.31. The number of nitrogens with one attached hydrogen (secondary N) is 1. The number of rotatable bonds is 5. The predicted octanol–water partition coefficient (Wildman–Crippen LogP) is 1.91. The van der Waals surface area contributed by atoms with Gasteiger partial charge in [-0.3, -0.25) is 4.68 Å². The molecule has 1 aliphatic rings. The smallest absolute Gasteiger partial charge is 0.150 e. The molecule has 1 aromatic rings. The van der Waals surface area contributed by atoms with Crippen LogP contribution in [0.25, 0.3) is 0 Å². The first-order chi connectivity index (χ1) is 9.36. The van der Waals surface area contributed by atoms with E-state index < -0.39 is 9.84 Å². The van der Waals surface area contributed by atoms with Crippen molar-refractivity contribution in [3.05, 3.63) is 18.0 Å². The Hall–Kier alpha value is -0.880. The second-order valence-corrected chi connectivity index (χ2v) is 8.42. The van der Waals surface area contributed by atoms with E-state index in [2.05, 4.69) is 24.3 Å². The van der Waals surface area contributed by atoms with Crippen LogP contribution >= 0.6 is 0 Å². The Morgan fingerprint density at radius 1 is 1.45 bits per heavy atom. The van der Waals surface area contributed by atoms with Gasteiger partial charge in [-0.1, -0.05) is 20.3 Å². The van der Waals surface area contributed by atoms with Gasteiger partial charge in [-0.15, -0.1) is 0 Å². The molecule has 2 unspecified atom stereocenters. The first kappa shape index (κ1) is 15.5. The monoisotopic (exact) mass is 299 g/mol. The molecule has 0 spiro atoms. The van der Waals surface area contributed by atoms with E-state index in [-0.39, 0.29) is 11.3 Å². The van der Waals surface area contributed by atoms with Crippen molar-refractivity contribution in [3.8, 4) is 0 Å². The topological polar surface area (TPSA) is 64.0 Å². The van der Waals surface area contributed by atoms with E-state index >= 15 is 0 Å². The van der Waals surface area contributed by atoms with Gasteiger partial charge in [-0.2, -0.15) is 5.10 Å². The second kappa shape index (κ2) is 6.26. The molecule has 6 heteroatoms. The molecule has 114 valence electrons. The van der Waals surface area contributed by atoms with Crippen LogP contribution in [-0.2, 0) is 16.4 Å². The molecular formula is C14H25N3O2S. The van der Waals surface area contributed by atoms with Crippen LogP contribution in [0.1, 0.15) is 51.3 Å². The van der Waals surface area contributed by atoms with Crippen molar-refractivity contribution in [2.75, 3.05) is 6.26 Å². The number of aromatic nitrogens is 2. The van der Waals surface area contributed by atoms with Gasteiger partial charge < -0.3 is 5.32 Å². The van der Waals surface area contributed by atoms with Gasteiger partial charge >= 0.3 is 0 Å². The second-order valence-electron chi connectivity index (χ2n) is 6.09. The molecular weight excluding hydrogens is 274 g/mol. The molecule has 1 aliphatic carbocycles. The van der Waals surface area contributed by atoms with Crippen LogP contribution in [0.5, 0.6) is 0 Å². The maximum absolute atomic E-state index is 11.7. The lowest BCUT2D eigenvalue weighted by molar-refractivity contribution is 0.327. The first-order valence-electron chi connectivity index (χ1n) is 7.32. The minimum atomic E-state index is -2.93. The van der Waals surface area contributed by atoms with Gasteiger partial charge in [-0.25, -0.2) is 8.42 Å². The summed E-state index contributed by atoms with van der Waals surface area (Å²) in [5, 5.41) is 7.72. The average Bonchev–Trinajstić information content (AvgIpc) is 2.84. The molecule has 2 rings (SSSR count).